The van der Waals surface area contributed by atoms with Gasteiger partial charge in [-0.25, -0.2) is 0 Å². The minimum atomic E-state index is -2.03. The molecule has 0 fully saturated rings. The molecule has 64 heavy (non-hydrogen) atoms. The van der Waals surface area contributed by atoms with Gasteiger partial charge in [-0.3, -0.25) is 4.79 Å². The molecule has 0 atom stereocenters. The summed E-state index contributed by atoms with van der Waals surface area (Å²) in [6.07, 6.45) is 29.2. The van der Waals surface area contributed by atoms with Crippen LogP contribution in [0.3, 0.4) is 0 Å². The van der Waals surface area contributed by atoms with Gasteiger partial charge in [-0.1, -0.05) is 215 Å². The van der Waals surface area contributed by atoms with Gasteiger partial charge in [0.2, 0.25) is 0 Å². The normalized spacial score (nSPS) is 11.4. The number of unbranched alkanes of at least 4 members (excludes halogenated alkanes) is 20. The van der Waals surface area contributed by atoms with Gasteiger partial charge in [0.15, 0.2) is 6.29 Å². The fraction of sp³-hybridized carbons (Fsp3) is 0.707. The maximum absolute atomic E-state index is 12.5. The molecule has 0 N–H and O–H groups in total. The van der Waals surface area contributed by atoms with Crippen molar-refractivity contribution in [3.05, 3.63) is 46.5 Å². The maximum Gasteiger partial charge on any atom is 0.153 e. The molecule has 0 saturated heterocycles. The highest BCUT2D eigenvalue weighted by Crippen LogP contribution is 2.41. The number of aldehydes is 1. The van der Waals surface area contributed by atoms with E-state index in [1.165, 1.54) is 103 Å². The van der Waals surface area contributed by atoms with Gasteiger partial charge in [0.1, 0.15) is 31.1 Å². The van der Waals surface area contributed by atoms with Crippen molar-refractivity contribution in [3.63, 3.8) is 0 Å². The molecule has 0 unspecified atom stereocenters. The Bertz CT molecular complexity index is 1650. The molecule has 6 heteroatoms. The molecule has 0 heterocycles. The first-order chi connectivity index (χ1) is 31.1. The summed E-state index contributed by atoms with van der Waals surface area (Å²) in [5, 5.41) is 0. The molecule has 360 valence electrons. The summed E-state index contributed by atoms with van der Waals surface area (Å²) in [5.41, 5.74) is 8.38. The van der Waals surface area contributed by atoms with Crippen molar-refractivity contribution in [3.8, 4) is 46.3 Å². The zero-order valence-corrected chi connectivity index (χ0v) is 44.0. The van der Waals surface area contributed by atoms with Gasteiger partial charge in [0.05, 0.1) is 48.7 Å². The van der Waals surface area contributed by atoms with Gasteiger partial charge >= 0.3 is 0 Å². The van der Waals surface area contributed by atoms with Gasteiger partial charge in [-0.05, 0) is 48.4 Å². The first kappa shape index (κ1) is 56.8. The minimum Gasteiger partial charge on any atom is -0.493 e. The molecule has 0 aliphatic rings. The highest BCUT2D eigenvalue weighted by atomic mass is 28.3. The first-order valence-corrected chi connectivity index (χ1v) is 28.7. The number of benzene rings is 2. The van der Waals surface area contributed by atoms with E-state index in [1.807, 2.05) is 12.1 Å². The Labute approximate surface area is 395 Å². The minimum absolute atomic E-state index is 0.495. The van der Waals surface area contributed by atoms with Crippen LogP contribution in [0.15, 0.2) is 24.3 Å². The summed E-state index contributed by atoms with van der Waals surface area (Å²) < 4.78 is 26.1. The predicted octanol–water partition coefficient (Wildman–Crippen LogP) is 17.4. The molecule has 2 rings (SSSR count). The van der Waals surface area contributed by atoms with E-state index in [-0.39, 0.29) is 0 Å². The molecular formula is C58H94O5Si. The summed E-state index contributed by atoms with van der Waals surface area (Å²) in [7, 11) is -2.03. The van der Waals surface area contributed by atoms with Gasteiger partial charge < -0.3 is 18.9 Å². The molecule has 0 aliphatic carbocycles. The number of rotatable bonds is 36. The molecule has 0 aromatic heterocycles. The molecule has 0 bridgehead atoms. The largest absolute Gasteiger partial charge is 0.493 e. The van der Waals surface area contributed by atoms with E-state index in [0.717, 1.165) is 80.3 Å². The van der Waals surface area contributed by atoms with E-state index in [4.69, 9.17) is 18.9 Å². The van der Waals surface area contributed by atoms with Crippen LogP contribution >= 0.6 is 0 Å². The maximum atomic E-state index is 12.5. The molecule has 0 spiro atoms. The monoisotopic (exact) mass is 899 g/mol. The van der Waals surface area contributed by atoms with Crippen molar-refractivity contribution in [2.75, 3.05) is 26.4 Å². The van der Waals surface area contributed by atoms with Crippen LogP contribution in [-0.2, 0) is 0 Å². The molecule has 0 aliphatic heterocycles. The van der Waals surface area contributed by atoms with E-state index >= 15 is 0 Å². The molecule has 5 nitrogen and oxygen atoms in total. The Morgan fingerprint density at radius 3 is 1.02 bits per heavy atom. The fourth-order valence-corrected chi connectivity index (χ4v) is 14.2. The van der Waals surface area contributed by atoms with Gasteiger partial charge in [-0.2, -0.15) is 0 Å². The van der Waals surface area contributed by atoms with Crippen LogP contribution in [-0.4, -0.2) is 40.8 Å². The molecular weight excluding hydrogens is 805 g/mol. The van der Waals surface area contributed by atoms with Crippen LogP contribution in [0.4, 0.5) is 0 Å². The third kappa shape index (κ3) is 21.3. The van der Waals surface area contributed by atoms with Crippen LogP contribution in [0.5, 0.6) is 23.0 Å². The van der Waals surface area contributed by atoms with Crippen molar-refractivity contribution in [1.82, 2.24) is 0 Å². The Hall–Kier alpha value is -3.35. The summed E-state index contributed by atoms with van der Waals surface area (Å²) in [4.78, 5) is 12.5. The van der Waals surface area contributed by atoms with Gasteiger partial charge in [0.25, 0.3) is 0 Å². The van der Waals surface area contributed by atoms with E-state index < -0.39 is 8.07 Å². The fourth-order valence-electron chi connectivity index (χ4n) is 9.01. The number of carbonyl (C=O) groups is 1. The van der Waals surface area contributed by atoms with Crippen molar-refractivity contribution < 1.29 is 23.7 Å². The molecule has 0 saturated carbocycles. The standard InChI is InChI=1S/C58H94O5Si/c1-11-15-19-23-27-31-38-60-55-45-53(37-42-64(48(5)6,49(7)8)50(9)10)56(61-39-32-28-24-20-16-12-2)43-51(55)35-36-52-44-58(63-41-34-30-26-22-18-14-4)54(47-59)46-57(52)62-40-33-29-25-21-17-13-3/h43-50H,11-34,38-41H2,1-10H3. The average Bonchev–Trinajstić information content (AvgIpc) is 3.27. The third-order valence-electron chi connectivity index (χ3n) is 13.0. The quantitative estimate of drug-likeness (QED) is 0.0295. The highest BCUT2D eigenvalue weighted by Gasteiger charge is 2.41. The summed E-state index contributed by atoms with van der Waals surface area (Å²) in [5.74, 6) is 13.4. The number of hydrogen-bond donors (Lipinski definition) is 0. The van der Waals surface area contributed by atoms with E-state index in [2.05, 4.69) is 105 Å². The van der Waals surface area contributed by atoms with E-state index in [0.29, 0.717) is 65.7 Å². The zero-order chi connectivity index (χ0) is 46.8. The second-order valence-electron chi connectivity index (χ2n) is 19.2. The van der Waals surface area contributed by atoms with Crippen molar-refractivity contribution >= 4 is 14.4 Å². The third-order valence-corrected chi connectivity index (χ3v) is 19.2. The Balaban J connectivity index is 2.72. The zero-order valence-electron chi connectivity index (χ0n) is 43.0. The number of ether oxygens (including phenoxy) is 4. The molecule has 0 amide bonds. The smallest absolute Gasteiger partial charge is 0.153 e. The van der Waals surface area contributed by atoms with Crippen molar-refractivity contribution in [1.29, 1.82) is 0 Å². The van der Waals surface area contributed by atoms with Gasteiger partial charge in [-0.15, -0.1) is 5.54 Å². The summed E-state index contributed by atoms with van der Waals surface area (Å²) in [6, 6.07) is 7.90. The topological polar surface area (TPSA) is 54.0 Å². The Kier molecular flexibility index (Phi) is 31.0. The SMILES string of the molecule is CCCCCCCCOc1cc(C#C[Si](C(C)C)(C(C)C)C(C)C)c(OCCCCCCCC)cc1C#Cc1cc(OCCCCCCCC)c(C=O)cc1OCCCCCCCC. The Morgan fingerprint density at radius 1 is 0.406 bits per heavy atom. The Morgan fingerprint density at radius 2 is 0.688 bits per heavy atom. The molecule has 0 radical (unpaired) electrons. The van der Waals surface area contributed by atoms with Crippen LogP contribution in [0.1, 0.15) is 250 Å². The van der Waals surface area contributed by atoms with Crippen LogP contribution in [0, 0.1) is 23.3 Å². The lowest BCUT2D eigenvalue weighted by Crippen LogP contribution is -2.43. The summed E-state index contributed by atoms with van der Waals surface area (Å²) in [6.45, 7) is 25.6. The molecule has 2 aromatic rings. The lowest BCUT2D eigenvalue weighted by Gasteiger charge is -2.38. The average molecular weight is 899 g/mol. The number of carbonyl (C=O) groups excluding carboxylic acids is 1. The lowest BCUT2D eigenvalue weighted by atomic mass is 10.1. The first-order valence-electron chi connectivity index (χ1n) is 26.5. The highest BCUT2D eigenvalue weighted by molar-refractivity contribution is 6.90. The molecule has 2 aromatic carbocycles. The van der Waals surface area contributed by atoms with Crippen LogP contribution in [0.2, 0.25) is 16.6 Å². The van der Waals surface area contributed by atoms with Crippen molar-refractivity contribution in [2.45, 2.75) is 240 Å². The summed E-state index contributed by atoms with van der Waals surface area (Å²) >= 11 is 0. The predicted molar refractivity (Wildman–Crippen MR) is 278 cm³/mol. The van der Waals surface area contributed by atoms with E-state index in [1.54, 1.807) is 0 Å². The number of hydrogen-bond acceptors (Lipinski definition) is 5. The van der Waals surface area contributed by atoms with Crippen molar-refractivity contribution in [2.24, 2.45) is 0 Å². The second kappa shape index (κ2) is 34.9. The van der Waals surface area contributed by atoms with E-state index in [9.17, 15) is 4.79 Å². The second-order valence-corrected chi connectivity index (χ2v) is 24.8. The lowest BCUT2D eigenvalue weighted by molar-refractivity contribution is 0.111. The van der Waals surface area contributed by atoms with Gasteiger partial charge in [0, 0.05) is 18.2 Å². The van der Waals surface area contributed by atoms with Crippen LogP contribution < -0.4 is 18.9 Å². The van der Waals surface area contributed by atoms with Crippen LogP contribution in [0.25, 0.3) is 0 Å².